The minimum Gasteiger partial charge on any atom is -0.463 e. The van der Waals surface area contributed by atoms with Crippen molar-refractivity contribution in [2.75, 3.05) is 6.61 Å². The average Bonchev–Trinajstić information content (AvgIpc) is 2.68. The van der Waals surface area contributed by atoms with Crippen LogP contribution in [0.3, 0.4) is 0 Å². The number of hydrogen-bond donors (Lipinski definition) is 0. The lowest BCUT2D eigenvalue weighted by Gasteiger charge is -2.50. The van der Waals surface area contributed by atoms with Crippen LogP contribution in [0.2, 0.25) is 0 Å². The van der Waals surface area contributed by atoms with Crippen molar-refractivity contribution in [1.82, 2.24) is 0 Å². The highest BCUT2D eigenvalue weighted by Crippen LogP contribution is 2.69. The molecule has 3 heteroatoms. The van der Waals surface area contributed by atoms with E-state index in [0.717, 1.165) is 17.0 Å². The van der Waals surface area contributed by atoms with Crippen molar-refractivity contribution < 1.29 is 9.53 Å². The molecule has 3 saturated carbocycles. The Kier molecular flexibility index (Phi) is 7.52. The van der Waals surface area contributed by atoms with Crippen molar-refractivity contribution in [3.63, 3.8) is 0 Å². The first-order valence-corrected chi connectivity index (χ1v) is 13.2. The molecule has 0 radical (unpaired) electrons. The van der Waals surface area contributed by atoms with E-state index < -0.39 is 6.89 Å². The monoisotopic (exact) mass is 366 g/mol. The van der Waals surface area contributed by atoms with Gasteiger partial charge in [0.05, 0.1) is 6.61 Å². The third-order valence-corrected chi connectivity index (χ3v) is 13.2. The zero-order valence-corrected chi connectivity index (χ0v) is 17.3. The number of rotatable bonds is 5. The maximum atomic E-state index is 12.7. The van der Waals surface area contributed by atoms with Gasteiger partial charge in [0, 0.05) is 5.80 Å². The van der Waals surface area contributed by atoms with Gasteiger partial charge in [-0.2, -0.15) is 0 Å². The van der Waals surface area contributed by atoms with Gasteiger partial charge in [0.15, 0.2) is 0 Å². The van der Waals surface area contributed by atoms with E-state index in [1.807, 2.05) is 6.92 Å². The Morgan fingerprint density at radius 3 is 1.44 bits per heavy atom. The molecule has 3 aliphatic rings. The van der Waals surface area contributed by atoms with Crippen LogP contribution < -0.4 is 0 Å². The standard InChI is InChI=1S/C22H39O2P/c1-2-24-22(23)18-25(19-12-6-3-7-13-19,20-14-8-4-9-15-20)21-16-10-5-11-17-21/h18-21H,2-17H2,1H3. The van der Waals surface area contributed by atoms with E-state index >= 15 is 0 Å². The summed E-state index contributed by atoms with van der Waals surface area (Å²) in [6.45, 7) is 1.07. The van der Waals surface area contributed by atoms with Crippen LogP contribution in [0.5, 0.6) is 0 Å². The van der Waals surface area contributed by atoms with E-state index in [1.54, 1.807) is 0 Å². The maximum absolute atomic E-state index is 12.7. The van der Waals surface area contributed by atoms with Crippen LogP contribution in [0.4, 0.5) is 0 Å². The summed E-state index contributed by atoms with van der Waals surface area (Å²) in [5, 5.41) is 0. The first-order chi connectivity index (χ1) is 12.3. The summed E-state index contributed by atoms with van der Waals surface area (Å²) in [5.41, 5.74) is 2.49. The zero-order valence-electron chi connectivity index (χ0n) is 16.4. The van der Waals surface area contributed by atoms with Crippen LogP contribution >= 0.6 is 6.89 Å². The molecule has 0 bridgehead atoms. The van der Waals surface area contributed by atoms with Gasteiger partial charge >= 0.3 is 5.97 Å². The van der Waals surface area contributed by atoms with E-state index in [2.05, 4.69) is 5.80 Å². The highest BCUT2D eigenvalue weighted by molar-refractivity contribution is 7.78. The van der Waals surface area contributed by atoms with Crippen LogP contribution in [0.25, 0.3) is 0 Å². The molecule has 0 atom stereocenters. The first kappa shape index (κ1) is 19.5. The summed E-state index contributed by atoms with van der Waals surface area (Å²) in [4.78, 5) is 12.7. The van der Waals surface area contributed by atoms with Crippen molar-refractivity contribution >= 4 is 18.7 Å². The third kappa shape index (κ3) is 4.55. The van der Waals surface area contributed by atoms with Crippen LogP contribution in [0.15, 0.2) is 0 Å². The molecule has 3 aliphatic carbocycles. The molecular formula is C22H39O2P. The molecule has 0 saturated heterocycles. The van der Waals surface area contributed by atoms with E-state index in [-0.39, 0.29) is 5.97 Å². The van der Waals surface area contributed by atoms with Gasteiger partial charge in [-0.3, -0.25) is 0 Å². The Balaban J connectivity index is 2.01. The number of hydrogen-bond acceptors (Lipinski definition) is 2. The summed E-state index contributed by atoms with van der Waals surface area (Å²) >= 11 is 0. The molecule has 0 N–H and O–H groups in total. The number of carbonyl (C=O) groups excluding carboxylic acids is 1. The molecule has 3 rings (SSSR count). The van der Waals surface area contributed by atoms with Crippen LogP contribution in [-0.2, 0) is 9.53 Å². The zero-order chi connectivity index (χ0) is 17.5. The lowest BCUT2D eigenvalue weighted by molar-refractivity contribution is -0.134. The fourth-order valence-corrected chi connectivity index (χ4v) is 12.8. The predicted octanol–water partition coefficient (Wildman–Crippen LogP) is 6.37. The van der Waals surface area contributed by atoms with Gasteiger partial charge in [-0.1, -0.05) is 64.7 Å². The summed E-state index contributed by atoms with van der Waals surface area (Å²) in [6, 6.07) is 0. The lowest BCUT2D eigenvalue weighted by atomic mass is 9.99. The SMILES string of the molecule is CCOC(=O)C=P(C1CCCCC1)(C1CCCCC1)C1CCCCC1. The molecule has 0 aromatic carbocycles. The van der Waals surface area contributed by atoms with Gasteiger partial charge in [0.25, 0.3) is 0 Å². The maximum Gasteiger partial charge on any atom is 0.330 e. The topological polar surface area (TPSA) is 26.3 Å². The normalized spacial score (nSPS) is 24.8. The molecule has 3 fully saturated rings. The summed E-state index contributed by atoms with van der Waals surface area (Å²) in [6.07, 6.45) is 20.9. The van der Waals surface area contributed by atoms with Gasteiger partial charge in [0.1, 0.15) is 0 Å². The van der Waals surface area contributed by atoms with Crippen molar-refractivity contribution in [3.8, 4) is 0 Å². The van der Waals surface area contributed by atoms with Crippen molar-refractivity contribution in [2.45, 2.75) is 120 Å². The van der Waals surface area contributed by atoms with Gasteiger partial charge in [0.2, 0.25) is 0 Å². The minimum absolute atomic E-state index is 0.0255. The van der Waals surface area contributed by atoms with Gasteiger partial charge < -0.3 is 4.74 Å². The highest BCUT2D eigenvalue weighted by atomic mass is 31.2. The smallest absolute Gasteiger partial charge is 0.330 e. The molecule has 0 aromatic rings. The van der Waals surface area contributed by atoms with Crippen molar-refractivity contribution in [1.29, 1.82) is 0 Å². The average molecular weight is 367 g/mol. The molecule has 144 valence electrons. The second-order valence-electron chi connectivity index (χ2n) is 8.65. The van der Waals surface area contributed by atoms with Crippen LogP contribution in [0, 0.1) is 0 Å². The predicted molar refractivity (Wildman–Crippen MR) is 110 cm³/mol. The molecule has 25 heavy (non-hydrogen) atoms. The Morgan fingerprint density at radius 2 is 1.12 bits per heavy atom. The Bertz CT molecular complexity index is 414. The number of esters is 1. The molecule has 0 heterocycles. The number of ether oxygens (including phenoxy) is 1. The van der Waals surface area contributed by atoms with Gasteiger partial charge in [-0.05, 0) is 62.4 Å². The second-order valence-corrected chi connectivity index (χ2v) is 12.9. The van der Waals surface area contributed by atoms with Gasteiger partial charge in [-0.25, -0.2) is 4.79 Å². The molecule has 2 nitrogen and oxygen atoms in total. The Hall–Kier alpha value is -0.230. The summed E-state index contributed by atoms with van der Waals surface area (Å²) < 4.78 is 5.50. The number of carbonyl (C=O) groups is 1. The lowest BCUT2D eigenvalue weighted by Crippen LogP contribution is -2.34. The van der Waals surface area contributed by atoms with E-state index in [0.29, 0.717) is 6.61 Å². The first-order valence-electron chi connectivity index (χ1n) is 11.2. The fraction of sp³-hybridized carbons (Fsp3) is 0.909. The summed E-state index contributed by atoms with van der Waals surface area (Å²) in [7, 11) is 0. The molecule has 0 amide bonds. The van der Waals surface area contributed by atoms with Crippen LogP contribution in [-0.4, -0.2) is 35.3 Å². The highest BCUT2D eigenvalue weighted by Gasteiger charge is 2.43. The fourth-order valence-electron chi connectivity index (χ4n) is 6.16. The Labute approximate surface area is 155 Å². The van der Waals surface area contributed by atoms with Crippen molar-refractivity contribution in [3.05, 3.63) is 0 Å². The molecule has 0 aromatic heterocycles. The van der Waals surface area contributed by atoms with E-state index in [1.165, 1.54) is 96.3 Å². The van der Waals surface area contributed by atoms with Crippen LogP contribution in [0.1, 0.15) is 103 Å². The van der Waals surface area contributed by atoms with Crippen molar-refractivity contribution in [2.24, 2.45) is 0 Å². The molecule has 0 spiro atoms. The van der Waals surface area contributed by atoms with E-state index in [4.69, 9.17) is 4.74 Å². The van der Waals surface area contributed by atoms with E-state index in [9.17, 15) is 4.79 Å². The largest absolute Gasteiger partial charge is 0.463 e. The second kappa shape index (κ2) is 9.63. The Morgan fingerprint density at radius 1 is 0.760 bits per heavy atom. The third-order valence-electron chi connectivity index (χ3n) is 7.24. The molecule has 0 unspecified atom stereocenters. The quantitative estimate of drug-likeness (QED) is 0.417. The summed E-state index contributed by atoms with van der Waals surface area (Å²) in [5.74, 6) is 2.29. The molecular weight excluding hydrogens is 327 g/mol. The van der Waals surface area contributed by atoms with Gasteiger partial charge in [-0.15, -0.1) is 0 Å². The minimum atomic E-state index is -1.41. The molecule has 0 aliphatic heterocycles.